The fourth-order valence-corrected chi connectivity index (χ4v) is 2.69. The summed E-state index contributed by atoms with van der Waals surface area (Å²) in [6, 6.07) is 6.82. The lowest BCUT2D eigenvalue weighted by molar-refractivity contribution is -0.144. The van der Waals surface area contributed by atoms with Crippen LogP contribution >= 0.6 is 0 Å². The van der Waals surface area contributed by atoms with Crippen molar-refractivity contribution < 1.29 is 40.7 Å². The number of carbonyl (C=O) groups excluding carboxylic acids is 2. The highest BCUT2D eigenvalue weighted by Gasteiger charge is 2.38. The summed E-state index contributed by atoms with van der Waals surface area (Å²) in [5, 5.41) is 11.2. The van der Waals surface area contributed by atoms with Gasteiger partial charge in [0, 0.05) is 12.0 Å². The average Bonchev–Trinajstić information content (AvgIpc) is 2.71. The Morgan fingerprint density at radius 2 is 1.58 bits per heavy atom. The average molecular weight is 444 g/mol. The second kappa shape index (κ2) is 9.07. The molecule has 5 nitrogen and oxygen atoms in total. The summed E-state index contributed by atoms with van der Waals surface area (Å²) in [6.45, 7) is 0. The van der Waals surface area contributed by atoms with Crippen molar-refractivity contribution in [1.82, 2.24) is 5.32 Å². The molecule has 0 spiro atoms. The molecule has 2 aromatic carbocycles. The molecular formula is C20H14F6N2O3. The van der Waals surface area contributed by atoms with E-state index >= 15 is 0 Å². The maximum absolute atomic E-state index is 13.0. The molecule has 1 atom stereocenters. The number of rotatable bonds is 5. The number of alkyl halides is 6. The maximum Gasteiger partial charge on any atom is 0.416 e. The third-order valence-electron chi connectivity index (χ3n) is 4.20. The third kappa shape index (κ3) is 5.97. The second-order valence-corrected chi connectivity index (χ2v) is 6.32. The van der Waals surface area contributed by atoms with Gasteiger partial charge in [-0.25, -0.2) is 4.79 Å². The first-order valence-electron chi connectivity index (χ1n) is 8.53. The zero-order chi connectivity index (χ0) is 23.4. The summed E-state index contributed by atoms with van der Waals surface area (Å²) in [5.74, 6) is -2.34. The molecule has 0 saturated heterocycles. The third-order valence-corrected chi connectivity index (χ3v) is 4.20. The van der Waals surface area contributed by atoms with Crippen LogP contribution in [-0.2, 0) is 28.3 Å². The number of halogens is 6. The van der Waals surface area contributed by atoms with E-state index in [0.717, 1.165) is 7.11 Å². The van der Waals surface area contributed by atoms with Gasteiger partial charge in [-0.05, 0) is 29.8 Å². The summed E-state index contributed by atoms with van der Waals surface area (Å²) >= 11 is 0. The van der Waals surface area contributed by atoms with E-state index in [9.17, 15) is 35.9 Å². The van der Waals surface area contributed by atoms with Crippen LogP contribution in [0.5, 0.6) is 0 Å². The maximum atomic E-state index is 13.0. The number of esters is 1. The molecule has 0 radical (unpaired) electrons. The molecule has 1 N–H and O–H groups in total. The van der Waals surface area contributed by atoms with E-state index in [-0.39, 0.29) is 30.2 Å². The second-order valence-electron chi connectivity index (χ2n) is 6.32. The Morgan fingerprint density at radius 3 is 2.06 bits per heavy atom. The highest BCUT2D eigenvalue weighted by Crippen LogP contribution is 2.36. The summed E-state index contributed by atoms with van der Waals surface area (Å²) < 4.78 is 82.6. The topological polar surface area (TPSA) is 79.2 Å². The molecule has 164 valence electrons. The van der Waals surface area contributed by atoms with E-state index in [1.54, 1.807) is 12.1 Å². The molecule has 1 amide bonds. The minimum atomic E-state index is -5.14. The van der Waals surface area contributed by atoms with Crippen molar-refractivity contribution in [3.05, 3.63) is 70.3 Å². The number of ether oxygens (including phenoxy) is 1. The smallest absolute Gasteiger partial charge is 0.416 e. The SMILES string of the molecule is COC(=O)[C@@H](Cc1ccccc1C#N)NC(=O)c1cc(C(F)(F)F)cc(C(F)(F)F)c1. The molecule has 31 heavy (non-hydrogen) atoms. The number of hydrogen-bond donors (Lipinski definition) is 1. The molecule has 0 heterocycles. The lowest BCUT2D eigenvalue weighted by Gasteiger charge is -2.19. The molecule has 2 rings (SSSR count). The Balaban J connectivity index is 2.41. The van der Waals surface area contributed by atoms with Crippen molar-refractivity contribution in [3.63, 3.8) is 0 Å². The molecule has 0 bridgehead atoms. The van der Waals surface area contributed by atoms with Gasteiger partial charge >= 0.3 is 18.3 Å². The quantitative estimate of drug-likeness (QED) is 0.556. The van der Waals surface area contributed by atoms with Crippen LogP contribution in [0.2, 0.25) is 0 Å². The first-order valence-corrected chi connectivity index (χ1v) is 8.53. The zero-order valence-electron chi connectivity index (χ0n) is 15.8. The molecule has 0 fully saturated rings. The van der Waals surface area contributed by atoms with Gasteiger partial charge in [-0.3, -0.25) is 4.79 Å². The molecule has 11 heteroatoms. The number of methoxy groups -OCH3 is 1. The van der Waals surface area contributed by atoms with Crippen LogP contribution in [0.4, 0.5) is 26.3 Å². The van der Waals surface area contributed by atoms with Crippen molar-refractivity contribution in [2.24, 2.45) is 0 Å². The van der Waals surface area contributed by atoms with Crippen molar-refractivity contribution >= 4 is 11.9 Å². The monoisotopic (exact) mass is 444 g/mol. The number of hydrogen-bond acceptors (Lipinski definition) is 4. The minimum absolute atomic E-state index is 0.113. The van der Waals surface area contributed by atoms with Gasteiger partial charge in [0.15, 0.2) is 0 Å². The van der Waals surface area contributed by atoms with E-state index in [2.05, 4.69) is 10.1 Å². The lowest BCUT2D eigenvalue weighted by atomic mass is 10.00. The Morgan fingerprint density at radius 1 is 1.03 bits per heavy atom. The van der Waals surface area contributed by atoms with Gasteiger partial charge < -0.3 is 10.1 Å². The number of amides is 1. The van der Waals surface area contributed by atoms with Crippen LogP contribution in [-0.4, -0.2) is 25.0 Å². The van der Waals surface area contributed by atoms with Gasteiger partial charge in [0.1, 0.15) is 6.04 Å². The van der Waals surface area contributed by atoms with E-state index in [1.807, 2.05) is 6.07 Å². The van der Waals surface area contributed by atoms with Gasteiger partial charge in [0.2, 0.25) is 0 Å². The van der Waals surface area contributed by atoms with E-state index in [1.165, 1.54) is 12.1 Å². The first-order chi connectivity index (χ1) is 14.4. The molecule has 0 aliphatic heterocycles. The summed E-state index contributed by atoms with van der Waals surface area (Å²) in [7, 11) is 0.990. The Kier molecular flexibility index (Phi) is 6.95. The molecular weight excluding hydrogens is 430 g/mol. The standard InChI is InChI=1S/C20H14F6N2O3/c1-31-18(30)16(8-11-4-2-3-5-12(11)10-27)28-17(29)13-6-14(19(21,22)23)9-15(7-13)20(24,25)26/h2-7,9,16H,8H2,1H3,(H,28,29)/t16-/m1/s1. The minimum Gasteiger partial charge on any atom is -0.467 e. The van der Waals surface area contributed by atoms with Gasteiger partial charge in [-0.2, -0.15) is 31.6 Å². The van der Waals surface area contributed by atoms with Crippen molar-refractivity contribution in [2.45, 2.75) is 24.8 Å². The summed E-state index contributed by atoms with van der Waals surface area (Å²) in [4.78, 5) is 24.5. The molecule has 2 aromatic rings. The van der Waals surface area contributed by atoms with Gasteiger partial charge in [-0.15, -0.1) is 0 Å². The Labute approximate surface area is 172 Å². The highest BCUT2D eigenvalue weighted by molar-refractivity contribution is 5.97. The number of benzene rings is 2. The van der Waals surface area contributed by atoms with E-state index in [4.69, 9.17) is 5.26 Å². The van der Waals surface area contributed by atoms with Crippen LogP contribution in [0.15, 0.2) is 42.5 Å². The van der Waals surface area contributed by atoms with Crippen LogP contribution in [0.3, 0.4) is 0 Å². The van der Waals surface area contributed by atoms with Crippen LogP contribution in [0, 0.1) is 11.3 Å². The van der Waals surface area contributed by atoms with Gasteiger partial charge in [-0.1, -0.05) is 18.2 Å². The van der Waals surface area contributed by atoms with Crippen molar-refractivity contribution in [3.8, 4) is 6.07 Å². The lowest BCUT2D eigenvalue weighted by Crippen LogP contribution is -2.43. The largest absolute Gasteiger partial charge is 0.467 e. The summed E-state index contributed by atoms with van der Waals surface area (Å²) in [5.41, 5.74) is -3.79. The predicted octanol–water partition coefficient (Wildman–Crippen LogP) is 4.11. The fourth-order valence-electron chi connectivity index (χ4n) is 2.69. The predicted molar refractivity (Wildman–Crippen MR) is 94.6 cm³/mol. The first kappa shape index (κ1) is 23.7. The molecule has 0 aromatic heterocycles. The van der Waals surface area contributed by atoms with Crippen LogP contribution in [0.25, 0.3) is 0 Å². The fraction of sp³-hybridized carbons (Fsp3) is 0.250. The molecule has 0 aliphatic rings. The number of nitriles is 1. The summed E-state index contributed by atoms with van der Waals surface area (Å²) in [6.07, 6.45) is -10.5. The van der Waals surface area contributed by atoms with Crippen molar-refractivity contribution in [2.75, 3.05) is 7.11 Å². The highest BCUT2D eigenvalue weighted by atomic mass is 19.4. The normalized spacial score (nSPS) is 12.6. The van der Waals surface area contributed by atoms with Crippen LogP contribution in [0.1, 0.15) is 32.6 Å². The Hall–Kier alpha value is -3.55. The van der Waals surface area contributed by atoms with E-state index in [0.29, 0.717) is 5.56 Å². The zero-order valence-corrected chi connectivity index (χ0v) is 15.8. The molecule has 0 unspecified atom stereocenters. The number of carbonyl (C=O) groups is 2. The molecule has 0 aliphatic carbocycles. The van der Waals surface area contributed by atoms with Gasteiger partial charge in [0.05, 0.1) is 29.9 Å². The van der Waals surface area contributed by atoms with Gasteiger partial charge in [0.25, 0.3) is 5.91 Å². The number of nitrogens with one attached hydrogen (secondary N) is 1. The Bertz CT molecular complexity index is 993. The number of nitrogens with zero attached hydrogens (tertiary/aromatic N) is 1. The van der Waals surface area contributed by atoms with Crippen molar-refractivity contribution in [1.29, 1.82) is 5.26 Å². The van der Waals surface area contributed by atoms with Crippen LogP contribution < -0.4 is 5.32 Å². The molecule has 0 saturated carbocycles. The van der Waals surface area contributed by atoms with E-state index < -0.39 is 47.0 Å².